The Morgan fingerprint density at radius 1 is 1.67 bits per heavy atom. The number of rotatable bonds is 3. The highest BCUT2D eigenvalue weighted by atomic mass is 15.0. The summed E-state index contributed by atoms with van der Waals surface area (Å²) in [7, 11) is 1.79. The molecule has 0 bridgehead atoms. The van der Waals surface area contributed by atoms with Gasteiger partial charge in [-0.25, -0.2) is 9.98 Å². The molecule has 1 heterocycles. The first-order valence-electron chi connectivity index (χ1n) is 3.65. The molecule has 1 N–H and O–H groups in total. The summed E-state index contributed by atoms with van der Waals surface area (Å²) in [5, 5.41) is 2.80. The molecule has 1 rings (SSSR count). The smallest absolute Gasteiger partial charge is 0.160 e. The predicted octanol–water partition coefficient (Wildman–Crippen LogP) is 1.60. The normalized spacial score (nSPS) is 10.1. The lowest BCUT2D eigenvalue weighted by molar-refractivity contribution is 1.18. The first-order chi connectivity index (χ1) is 5.88. The summed E-state index contributed by atoms with van der Waals surface area (Å²) in [6.45, 7) is 3.67. The van der Waals surface area contributed by atoms with Gasteiger partial charge in [0, 0.05) is 18.8 Å². The van der Waals surface area contributed by atoms with Gasteiger partial charge in [0.2, 0.25) is 0 Å². The third kappa shape index (κ3) is 1.92. The molecule has 0 atom stereocenters. The summed E-state index contributed by atoms with van der Waals surface area (Å²) in [4.78, 5) is 8.15. The van der Waals surface area contributed by atoms with Crippen molar-refractivity contribution in [2.45, 2.75) is 0 Å². The van der Waals surface area contributed by atoms with Gasteiger partial charge in [-0.05, 0) is 12.1 Å². The van der Waals surface area contributed by atoms with Gasteiger partial charge in [0.05, 0.1) is 6.34 Å². The fourth-order valence-electron chi connectivity index (χ4n) is 0.802. The van der Waals surface area contributed by atoms with Gasteiger partial charge in [-0.15, -0.1) is 0 Å². The molecule has 12 heavy (non-hydrogen) atoms. The Labute approximate surface area is 71.9 Å². The minimum absolute atomic E-state index is 0.682. The highest BCUT2D eigenvalue weighted by Crippen LogP contribution is 2.14. The lowest BCUT2D eigenvalue weighted by Crippen LogP contribution is -2.00. The zero-order valence-corrected chi connectivity index (χ0v) is 6.99. The van der Waals surface area contributed by atoms with Gasteiger partial charge in [0.25, 0.3) is 0 Å². The third-order valence-electron chi connectivity index (χ3n) is 1.35. The maximum Gasteiger partial charge on any atom is 0.160 e. The Hall–Kier alpha value is -1.64. The van der Waals surface area contributed by atoms with Crippen LogP contribution < -0.4 is 5.32 Å². The second-order valence-electron chi connectivity index (χ2n) is 2.17. The van der Waals surface area contributed by atoms with Crippen molar-refractivity contribution in [3.05, 3.63) is 30.5 Å². The van der Waals surface area contributed by atoms with Crippen LogP contribution in [-0.2, 0) is 0 Å². The van der Waals surface area contributed by atoms with Crippen molar-refractivity contribution in [3.8, 4) is 0 Å². The van der Waals surface area contributed by atoms with Gasteiger partial charge in [0.15, 0.2) is 5.82 Å². The number of hydrogen-bond acceptors (Lipinski definition) is 2. The Morgan fingerprint density at radius 3 is 3.17 bits per heavy atom. The van der Waals surface area contributed by atoms with Gasteiger partial charge < -0.3 is 5.32 Å². The van der Waals surface area contributed by atoms with Crippen LogP contribution in [0.2, 0.25) is 0 Å². The van der Waals surface area contributed by atoms with Crippen molar-refractivity contribution in [1.82, 2.24) is 10.3 Å². The standard InChI is InChI=1S/C9H11N3/c1-3-8-5-4-6-11-9(8)12-7-10-2/h3-7H,1H2,2H3,(H,10,11,12). The average molecular weight is 161 g/mol. The molecule has 0 aliphatic heterocycles. The lowest BCUT2D eigenvalue weighted by Gasteiger charge is -1.96. The van der Waals surface area contributed by atoms with E-state index in [-0.39, 0.29) is 0 Å². The van der Waals surface area contributed by atoms with Gasteiger partial charge >= 0.3 is 0 Å². The predicted molar refractivity (Wildman–Crippen MR) is 51.5 cm³/mol. The topological polar surface area (TPSA) is 37.3 Å². The van der Waals surface area contributed by atoms with Gasteiger partial charge in [-0.3, -0.25) is 0 Å². The fraction of sp³-hybridized carbons (Fsp3) is 0.111. The molecule has 0 radical (unpaired) electrons. The largest absolute Gasteiger partial charge is 0.379 e. The molecular weight excluding hydrogens is 150 g/mol. The molecule has 0 unspecified atom stereocenters. The van der Waals surface area contributed by atoms with E-state index in [1.165, 1.54) is 0 Å². The molecule has 0 saturated heterocycles. The monoisotopic (exact) mass is 161 g/mol. The first kappa shape index (κ1) is 8.46. The van der Waals surface area contributed by atoms with E-state index >= 15 is 0 Å². The Kier molecular flexibility index (Phi) is 3.02. The second-order valence-corrected chi connectivity index (χ2v) is 2.17. The van der Waals surface area contributed by atoms with Crippen LogP contribution in [0.4, 0.5) is 5.82 Å². The van der Waals surface area contributed by atoms with E-state index < -0.39 is 0 Å². The molecule has 0 aliphatic carbocycles. The van der Waals surface area contributed by atoms with Crippen LogP contribution in [0.15, 0.2) is 29.9 Å². The van der Waals surface area contributed by atoms with Crippen molar-refractivity contribution in [2.24, 2.45) is 4.99 Å². The number of aromatic nitrogens is 1. The van der Waals surface area contributed by atoms with Gasteiger partial charge in [0.1, 0.15) is 0 Å². The molecule has 3 heteroatoms. The number of nitrogens with one attached hydrogen (secondary N) is 1. The van der Waals surface area contributed by atoms with Crippen LogP contribution in [0, 0.1) is 0 Å². The zero-order valence-electron chi connectivity index (χ0n) is 6.99. The van der Waals surface area contributed by atoms with E-state index in [2.05, 4.69) is 21.9 Å². The maximum absolute atomic E-state index is 4.08. The summed E-state index contributed by atoms with van der Waals surface area (Å²) in [6.07, 6.45) is 5.03. The van der Waals surface area contributed by atoms with Crippen molar-refractivity contribution >= 4 is 18.2 Å². The lowest BCUT2D eigenvalue weighted by atomic mass is 10.2. The highest BCUT2D eigenvalue weighted by Gasteiger charge is 1.94. The number of pyridine rings is 1. The Morgan fingerprint density at radius 2 is 2.50 bits per heavy atom. The fourth-order valence-corrected chi connectivity index (χ4v) is 0.802. The van der Waals surface area contributed by atoms with E-state index in [1.54, 1.807) is 25.7 Å². The zero-order chi connectivity index (χ0) is 8.81. The van der Waals surface area contributed by atoms with Crippen LogP contribution in [0.3, 0.4) is 0 Å². The van der Waals surface area contributed by atoms with Crippen molar-refractivity contribution in [2.75, 3.05) is 7.05 Å². The van der Waals surface area contributed by atoms with Crippen LogP contribution in [0.25, 0.3) is 6.08 Å². The molecule has 1 aromatic heterocycles. The molecule has 62 valence electrons. The molecule has 0 saturated carbocycles. The number of nitrogens with zero attached hydrogens (tertiary/aromatic N) is 2. The quantitative estimate of drug-likeness (QED) is 0.540. The van der Waals surface area contributed by atoms with E-state index in [0.717, 1.165) is 5.56 Å². The van der Waals surface area contributed by atoms with Gasteiger partial charge in [-0.1, -0.05) is 12.7 Å². The van der Waals surface area contributed by atoms with Crippen molar-refractivity contribution in [1.29, 1.82) is 0 Å². The summed E-state index contributed by atoms with van der Waals surface area (Å²) >= 11 is 0. The third-order valence-corrected chi connectivity index (χ3v) is 1.35. The molecule has 0 spiro atoms. The van der Waals surface area contributed by atoms with Crippen LogP contribution in [-0.4, -0.2) is 18.4 Å². The van der Waals surface area contributed by atoms with E-state index in [1.807, 2.05) is 12.1 Å². The summed E-state index contributed by atoms with van der Waals surface area (Å²) < 4.78 is 0. The van der Waals surface area contributed by atoms with E-state index in [9.17, 15) is 0 Å². The Balaban J connectivity index is 2.96. The summed E-state index contributed by atoms with van der Waals surface area (Å²) in [6, 6.07) is 3.78. The van der Waals surface area contributed by atoms with Crippen molar-refractivity contribution in [3.63, 3.8) is 0 Å². The molecule has 3 nitrogen and oxygen atoms in total. The van der Waals surface area contributed by atoms with Gasteiger partial charge in [-0.2, -0.15) is 0 Å². The van der Waals surface area contributed by atoms with E-state index in [0.29, 0.717) is 5.82 Å². The number of hydrogen-bond donors (Lipinski definition) is 1. The molecule has 0 amide bonds. The Bertz CT molecular complexity index is 292. The second kappa shape index (κ2) is 4.28. The van der Waals surface area contributed by atoms with Crippen LogP contribution in [0.5, 0.6) is 0 Å². The first-order valence-corrected chi connectivity index (χ1v) is 3.65. The SMILES string of the molecule is C=Cc1cccnc1/N=C\NC. The minimum atomic E-state index is 0.682. The molecule has 0 aromatic carbocycles. The minimum Gasteiger partial charge on any atom is -0.379 e. The highest BCUT2D eigenvalue weighted by molar-refractivity contribution is 5.65. The number of aliphatic imine (C=N–C) groups is 1. The molecular formula is C9H11N3. The summed E-state index contributed by atoms with van der Waals surface area (Å²) in [5.74, 6) is 0.682. The molecule has 1 aromatic rings. The molecule has 0 fully saturated rings. The maximum atomic E-state index is 4.08. The van der Waals surface area contributed by atoms with Crippen molar-refractivity contribution < 1.29 is 0 Å². The van der Waals surface area contributed by atoms with Crippen LogP contribution in [0.1, 0.15) is 5.56 Å². The van der Waals surface area contributed by atoms with Crippen LogP contribution >= 0.6 is 0 Å². The average Bonchev–Trinajstić information content (AvgIpc) is 2.15. The summed E-state index contributed by atoms with van der Waals surface area (Å²) in [5.41, 5.74) is 0.934. The molecule has 0 aliphatic rings. The van der Waals surface area contributed by atoms with E-state index in [4.69, 9.17) is 0 Å².